The van der Waals surface area contributed by atoms with Crippen LogP contribution >= 0.6 is 22.6 Å². The van der Waals surface area contributed by atoms with E-state index in [0.717, 1.165) is 0 Å². The number of aromatic hydroxyl groups is 2. The predicted octanol–water partition coefficient (Wildman–Crippen LogP) is 0.871. The van der Waals surface area contributed by atoms with Crippen molar-refractivity contribution >= 4 is 34.2 Å². The minimum atomic E-state index is -1.78. The first kappa shape index (κ1) is 25.5. The van der Waals surface area contributed by atoms with Crippen molar-refractivity contribution in [3.8, 4) is 11.5 Å². The molecule has 0 radical (unpaired) electrons. The molecule has 2 aliphatic carbocycles. The van der Waals surface area contributed by atoms with E-state index in [1.807, 2.05) is 22.6 Å². The van der Waals surface area contributed by atoms with Crippen LogP contribution in [0.1, 0.15) is 62.4 Å². The Labute approximate surface area is 219 Å². The van der Waals surface area contributed by atoms with Gasteiger partial charge < -0.3 is 40.1 Å². The second-order valence-corrected chi connectivity index (χ2v) is 11.0. The monoisotopic (exact) mass is 612 g/mol. The molecule has 7 unspecified atom stereocenters. The van der Waals surface area contributed by atoms with Crippen LogP contribution in [0.2, 0.25) is 0 Å². The lowest BCUT2D eigenvalue weighted by Gasteiger charge is -2.43. The van der Waals surface area contributed by atoms with Gasteiger partial charge in [0.25, 0.3) is 0 Å². The van der Waals surface area contributed by atoms with Crippen molar-refractivity contribution in [1.82, 2.24) is 0 Å². The van der Waals surface area contributed by atoms with Crippen LogP contribution in [-0.4, -0.2) is 82.9 Å². The van der Waals surface area contributed by atoms with Gasteiger partial charge in [-0.15, -0.1) is 0 Å². The zero-order chi connectivity index (χ0) is 26.1. The van der Waals surface area contributed by atoms with E-state index in [2.05, 4.69) is 0 Å². The largest absolute Gasteiger partial charge is 0.507 e. The van der Waals surface area contributed by atoms with Crippen molar-refractivity contribution in [1.29, 1.82) is 0 Å². The number of fused-ring (bicyclic) bond motifs is 3. The van der Waals surface area contributed by atoms with Crippen molar-refractivity contribution < 1.29 is 49.7 Å². The lowest BCUT2D eigenvalue weighted by Crippen LogP contribution is -2.55. The highest BCUT2D eigenvalue weighted by molar-refractivity contribution is 14.1. The number of hydrogen-bond donors (Lipinski definition) is 6. The van der Waals surface area contributed by atoms with Gasteiger partial charge in [-0.05, 0) is 6.92 Å². The number of phenols is 2. The zero-order valence-corrected chi connectivity index (χ0v) is 21.2. The third-order valence-corrected chi connectivity index (χ3v) is 8.54. The molecule has 1 aliphatic heterocycles. The van der Waals surface area contributed by atoms with Gasteiger partial charge >= 0.3 is 0 Å². The summed E-state index contributed by atoms with van der Waals surface area (Å²) < 4.78 is 11.1. The highest BCUT2D eigenvalue weighted by Crippen LogP contribution is 2.52. The lowest BCUT2D eigenvalue weighted by molar-refractivity contribution is -0.260. The number of hydrogen-bond acceptors (Lipinski definition) is 10. The van der Waals surface area contributed by atoms with E-state index in [9.17, 15) is 40.2 Å². The summed E-state index contributed by atoms with van der Waals surface area (Å²) in [5.41, 5.74) is -2.40. The summed E-state index contributed by atoms with van der Waals surface area (Å²) in [6.07, 6.45) is -6.00. The summed E-state index contributed by atoms with van der Waals surface area (Å²) in [7, 11) is 0. The number of carbonyl (C=O) groups excluding carboxylic acids is 2. The van der Waals surface area contributed by atoms with Crippen LogP contribution in [0.5, 0.6) is 11.5 Å². The SMILES string of the molecule is CC1OC(OC2CC(O)(CO)Cc3c(O)c4c(c(O)c32)C(=O)c2ccccc2C4=O)C(I)C(O)C1O. The van der Waals surface area contributed by atoms with Gasteiger partial charge in [-0.25, -0.2) is 0 Å². The average molecular weight is 612 g/mol. The first-order valence-corrected chi connectivity index (χ1v) is 12.7. The van der Waals surface area contributed by atoms with Gasteiger partial charge in [0.1, 0.15) is 17.6 Å². The fourth-order valence-electron chi connectivity index (χ4n) is 5.26. The van der Waals surface area contributed by atoms with Crippen LogP contribution in [0.15, 0.2) is 24.3 Å². The van der Waals surface area contributed by atoms with Crippen LogP contribution < -0.4 is 0 Å². The smallest absolute Gasteiger partial charge is 0.198 e. The van der Waals surface area contributed by atoms with E-state index in [1.165, 1.54) is 12.1 Å². The van der Waals surface area contributed by atoms with Crippen molar-refractivity contribution in [3.63, 3.8) is 0 Å². The molecule has 2 aromatic carbocycles. The fourth-order valence-corrected chi connectivity index (χ4v) is 6.02. The molecule has 11 heteroatoms. The van der Waals surface area contributed by atoms with Gasteiger partial charge in [-0.1, -0.05) is 46.9 Å². The van der Waals surface area contributed by atoms with E-state index < -0.39 is 69.9 Å². The molecule has 2 aromatic rings. The first-order chi connectivity index (χ1) is 17.0. The summed E-state index contributed by atoms with van der Waals surface area (Å²) in [6.45, 7) is 0.837. The molecule has 7 atom stereocenters. The third-order valence-electron chi connectivity index (χ3n) is 7.21. The molecule has 1 fully saturated rings. The van der Waals surface area contributed by atoms with Crippen LogP contribution in [0, 0.1) is 0 Å². The van der Waals surface area contributed by atoms with E-state index in [4.69, 9.17) is 9.47 Å². The quantitative estimate of drug-likeness (QED) is 0.142. The number of carbonyl (C=O) groups is 2. The Morgan fingerprint density at radius 3 is 2.22 bits per heavy atom. The van der Waals surface area contributed by atoms with Crippen molar-refractivity contribution in [2.45, 2.75) is 60.0 Å². The maximum absolute atomic E-state index is 13.3. The average Bonchev–Trinajstić information content (AvgIpc) is 2.86. The van der Waals surface area contributed by atoms with Gasteiger partial charge in [0.2, 0.25) is 0 Å². The number of aliphatic hydroxyl groups excluding tert-OH is 3. The second-order valence-electron chi connectivity index (χ2n) is 9.57. The molecule has 0 spiro atoms. The predicted molar refractivity (Wildman–Crippen MR) is 131 cm³/mol. The number of rotatable bonds is 3. The van der Waals surface area contributed by atoms with Gasteiger partial charge in [0, 0.05) is 35.1 Å². The molecular formula is C25H25IO10. The number of benzene rings is 2. The number of ether oxygens (including phenoxy) is 2. The first-order valence-electron chi connectivity index (χ1n) is 11.4. The number of halogens is 1. The summed E-state index contributed by atoms with van der Waals surface area (Å²) in [5.74, 6) is -2.44. The maximum atomic E-state index is 13.3. The molecular weight excluding hydrogens is 587 g/mol. The molecule has 0 aromatic heterocycles. The molecule has 6 N–H and O–H groups in total. The molecule has 192 valence electrons. The highest BCUT2D eigenvalue weighted by atomic mass is 127. The van der Waals surface area contributed by atoms with E-state index >= 15 is 0 Å². The van der Waals surface area contributed by atoms with Crippen LogP contribution in [0.4, 0.5) is 0 Å². The fraction of sp³-hybridized carbons (Fsp3) is 0.440. The van der Waals surface area contributed by atoms with Crippen LogP contribution in [0.25, 0.3) is 0 Å². The maximum Gasteiger partial charge on any atom is 0.198 e. The molecule has 0 amide bonds. The normalized spacial score (nSPS) is 33.6. The van der Waals surface area contributed by atoms with E-state index in [1.54, 1.807) is 19.1 Å². The Morgan fingerprint density at radius 1 is 1.06 bits per heavy atom. The summed E-state index contributed by atoms with van der Waals surface area (Å²) >= 11 is 1.86. The van der Waals surface area contributed by atoms with Gasteiger partial charge in [-0.2, -0.15) is 0 Å². The number of ketones is 2. The lowest BCUT2D eigenvalue weighted by atomic mass is 9.73. The van der Waals surface area contributed by atoms with Gasteiger partial charge in [0.05, 0.1) is 45.6 Å². The molecule has 0 saturated carbocycles. The Hall–Kier alpha value is -2.13. The summed E-state index contributed by atoms with van der Waals surface area (Å²) in [5, 5.41) is 64.0. The Bertz CT molecular complexity index is 1260. The highest BCUT2D eigenvalue weighted by Gasteiger charge is 2.49. The standard InChI is InChI=1S/C25H25IO10/c1-9-18(28)23(33)17(26)24(35-9)36-13-7-25(34,8-27)6-12-14(13)22(32)16-15(21(12)31)19(29)10-4-2-3-5-11(10)20(16)30/h2-5,9,13,17-18,23-24,27-28,31-34H,6-8H2,1H3. The minimum Gasteiger partial charge on any atom is -0.507 e. The number of phenolic OH excluding ortho intramolecular Hbond substituents is 2. The van der Waals surface area contributed by atoms with E-state index in [0.29, 0.717) is 0 Å². The van der Waals surface area contributed by atoms with Crippen molar-refractivity contribution in [2.24, 2.45) is 0 Å². The summed E-state index contributed by atoms with van der Waals surface area (Å²) in [6, 6.07) is 6.07. The molecule has 0 bridgehead atoms. The summed E-state index contributed by atoms with van der Waals surface area (Å²) in [4.78, 5) is 26.6. The molecule has 10 nitrogen and oxygen atoms in total. The Kier molecular flexibility index (Phi) is 6.39. The topological polar surface area (TPSA) is 174 Å². The van der Waals surface area contributed by atoms with Gasteiger partial charge in [0.15, 0.2) is 17.9 Å². The molecule has 5 rings (SSSR count). The van der Waals surface area contributed by atoms with E-state index in [-0.39, 0.29) is 46.2 Å². The minimum absolute atomic E-state index is 0.00892. The van der Waals surface area contributed by atoms with Gasteiger partial charge in [-0.3, -0.25) is 9.59 Å². The molecule has 1 saturated heterocycles. The van der Waals surface area contributed by atoms with Crippen molar-refractivity contribution in [3.05, 3.63) is 57.6 Å². The number of alkyl halides is 1. The second kappa shape index (κ2) is 9.01. The molecule has 36 heavy (non-hydrogen) atoms. The molecule has 3 aliphatic rings. The zero-order valence-electron chi connectivity index (χ0n) is 19.1. The Morgan fingerprint density at radius 2 is 1.64 bits per heavy atom. The van der Waals surface area contributed by atoms with Crippen molar-refractivity contribution in [2.75, 3.05) is 6.61 Å². The van der Waals surface area contributed by atoms with Crippen LogP contribution in [0.3, 0.4) is 0 Å². The third kappa shape index (κ3) is 3.76. The van der Waals surface area contributed by atoms with Crippen LogP contribution in [-0.2, 0) is 15.9 Å². The number of aliphatic hydroxyl groups is 4. The molecule has 1 heterocycles. The Balaban J connectivity index is 1.66.